The number of hydrogen-bond donors (Lipinski definition) is 1. The number of amides is 1. The van der Waals surface area contributed by atoms with Gasteiger partial charge in [0, 0.05) is 25.5 Å². The summed E-state index contributed by atoms with van der Waals surface area (Å²) < 4.78 is 59.6. The number of benzene rings is 3. The first-order valence-corrected chi connectivity index (χ1v) is 11.0. The first-order valence-electron chi connectivity index (χ1n) is 11.0. The molecule has 1 N–H and O–H groups in total. The SMILES string of the molecule is COc1ccc(F)cc1/C(O)=C1\C(=O)C(=O)N(c2cccc(C(F)(F)F)c2)C1c1ccc(N(C)C)cc1. The molecule has 0 aliphatic carbocycles. The second-order valence-corrected chi connectivity index (χ2v) is 8.55. The van der Waals surface area contributed by atoms with Gasteiger partial charge in [-0.25, -0.2) is 4.39 Å². The smallest absolute Gasteiger partial charge is 0.416 e. The van der Waals surface area contributed by atoms with Crippen LogP contribution in [0.2, 0.25) is 0 Å². The van der Waals surface area contributed by atoms with E-state index in [2.05, 4.69) is 0 Å². The van der Waals surface area contributed by atoms with Crippen LogP contribution in [0.15, 0.2) is 72.3 Å². The van der Waals surface area contributed by atoms with Crippen LogP contribution in [0, 0.1) is 5.82 Å². The fourth-order valence-electron chi connectivity index (χ4n) is 4.21. The van der Waals surface area contributed by atoms with Crippen molar-refractivity contribution < 1.29 is 37.0 Å². The summed E-state index contributed by atoms with van der Waals surface area (Å²) >= 11 is 0. The lowest BCUT2D eigenvalue weighted by Crippen LogP contribution is -2.29. The number of hydrogen-bond acceptors (Lipinski definition) is 5. The summed E-state index contributed by atoms with van der Waals surface area (Å²) in [4.78, 5) is 29.2. The molecule has 0 spiro atoms. The quantitative estimate of drug-likeness (QED) is 0.209. The maximum Gasteiger partial charge on any atom is 0.416 e. The fraction of sp³-hybridized carbons (Fsp3) is 0.185. The lowest BCUT2D eigenvalue weighted by molar-refractivity contribution is -0.137. The summed E-state index contributed by atoms with van der Waals surface area (Å²) in [5.41, 5.74) is -0.668. The van der Waals surface area contributed by atoms with E-state index in [0.29, 0.717) is 5.56 Å². The molecule has 0 saturated carbocycles. The number of methoxy groups -OCH3 is 1. The van der Waals surface area contributed by atoms with E-state index < -0.39 is 46.6 Å². The van der Waals surface area contributed by atoms with E-state index in [4.69, 9.17) is 4.74 Å². The van der Waals surface area contributed by atoms with Crippen molar-refractivity contribution in [3.63, 3.8) is 0 Å². The summed E-state index contributed by atoms with van der Waals surface area (Å²) in [7, 11) is 4.89. The maximum atomic E-state index is 14.1. The van der Waals surface area contributed by atoms with Gasteiger partial charge in [0.25, 0.3) is 11.7 Å². The lowest BCUT2D eigenvalue weighted by Gasteiger charge is -2.26. The average Bonchev–Trinajstić information content (AvgIpc) is 3.13. The number of ketones is 1. The topological polar surface area (TPSA) is 70.1 Å². The molecule has 0 radical (unpaired) electrons. The highest BCUT2D eigenvalue weighted by molar-refractivity contribution is 6.51. The minimum atomic E-state index is -4.69. The molecule has 3 aromatic carbocycles. The van der Waals surface area contributed by atoms with Crippen molar-refractivity contribution in [1.82, 2.24) is 0 Å². The van der Waals surface area contributed by atoms with Crippen molar-refractivity contribution in [3.8, 4) is 5.75 Å². The van der Waals surface area contributed by atoms with Crippen LogP contribution in [0.3, 0.4) is 0 Å². The summed E-state index contributed by atoms with van der Waals surface area (Å²) in [6.45, 7) is 0. The highest BCUT2D eigenvalue weighted by Crippen LogP contribution is 2.44. The van der Waals surface area contributed by atoms with Gasteiger partial charge >= 0.3 is 6.18 Å². The Morgan fingerprint density at radius 1 is 1.00 bits per heavy atom. The molecule has 1 heterocycles. The van der Waals surface area contributed by atoms with Crippen LogP contribution in [-0.4, -0.2) is 38.0 Å². The molecule has 0 bridgehead atoms. The molecule has 10 heteroatoms. The number of anilines is 2. The molecule has 3 aromatic rings. The molecule has 0 aromatic heterocycles. The summed E-state index contributed by atoms with van der Waals surface area (Å²) in [6.07, 6.45) is -4.69. The molecule has 1 atom stereocenters. The van der Waals surface area contributed by atoms with E-state index in [1.165, 1.54) is 19.2 Å². The standard InChI is InChI=1S/C27H22F4N2O4/c1-32(2)18-10-7-15(8-11-18)23-22(24(34)20-14-17(28)9-12-21(20)37-3)25(35)26(36)33(23)19-6-4-5-16(13-19)27(29,30)31/h4-14,23,34H,1-3H3/b24-22+. The summed E-state index contributed by atoms with van der Waals surface area (Å²) in [5.74, 6) is -3.70. The first-order chi connectivity index (χ1) is 17.4. The number of carbonyl (C=O) groups is 2. The fourth-order valence-corrected chi connectivity index (χ4v) is 4.21. The Bertz CT molecular complexity index is 1400. The summed E-state index contributed by atoms with van der Waals surface area (Å²) in [5, 5.41) is 11.2. The predicted molar refractivity (Wildman–Crippen MR) is 130 cm³/mol. The number of alkyl halides is 3. The Kier molecular flexibility index (Phi) is 6.68. The highest BCUT2D eigenvalue weighted by atomic mass is 19.4. The number of aliphatic hydroxyl groups excluding tert-OH is 1. The van der Waals surface area contributed by atoms with Gasteiger partial charge in [-0.05, 0) is 54.1 Å². The zero-order chi connectivity index (χ0) is 27.1. The van der Waals surface area contributed by atoms with Crippen molar-refractivity contribution in [1.29, 1.82) is 0 Å². The van der Waals surface area contributed by atoms with Crippen molar-refractivity contribution in [2.24, 2.45) is 0 Å². The zero-order valence-corrected chi connectivity index (χ0v) is 20.0. The third kappa shape index (κ3) is 4.74. The Hall–Kier alpha value is -4.34. The van der Waals surface area contributed by atoms with Crippen molar-refractivity contribution in [3.05, 3.63) is 94.8 Å². The number of halogens is 4. The van der Waals surface area contributed by atoms with E-state index in [9.17, 15) is 32.3 Å². The molecule has 6 nitrogen and oxygen atoms in total. The van der Waals surface area contributed by atoms with Crippen molar-refractivity contribution >= 4 is 28.8 Å². The maximum absolute atomic E-state index is 14.1. The van der Waals surface area contributed by atoms with E-state index in [1.54, 1.807) is 38.4 Å². The average molecular weight is 514 g/mol. The summed E-state index contributed by atoms with van der Waals surface area (Å²) in [6, 6.07) is 12.6. The number of carbonyl (C=O) groups excluding carboxylic acids is 2. The molecule has 1 saturated heterocycles. The highest BCUT2D eigenvalue weighted by Gasteiger charge is 2.47. The van der Waals surface area contributed by atoms with Crippen LogP contribution in [0.4, 0.5) is 28.9 Å². The zero-order valence-electron chi connectivity index (χ0n) is 20.0. The van der Waals surface area contributed by atoms with Gasteiger partial charge in [-0.15, -0.1) is 0 Å². The third-order valence-corrected chi connectivity index (χ3v) is 6.04. The van der Waals surface area contributed by atoms with Crippen LogP contribution in [0.1, 0.15) is 22.7 Å². The Morgan fingerprint density at radius 3 is 2.27 bits per heavy atom. The van der Waals surface area contributed by atoms with E-state index >= 15 is 0 Å². The normalized spacial score (nSPS) is 17.3. The van der Waals surface area contributed by atoms with Crippen LogP contribution in [0.25, 0.3) is 5.76 Å². The Labute approximate surface area is 210 Å². The van der Waals surface area contributed by atoms with E-state index in [0.717, 1.165) is 40.9 Å². The first kappa shape index (κ1) is 25.7. The van der Waals surface area contributed by atoms with Gasteiger partial charge in [-0.2, -0.15) is 13.2 Å². The molecule has 192 valence electrons. The molecule has 1 fully saturated rings. The predicted octanol–water partition coefficient (Wildman–Crippen LogP) is 5.55. The second kappa shape index (κ2) is 9.61. The van der Waals surface area contributed by atoms with Gasteiger partial charge < -0.3 is 14.7 Å². The van der Waals surface area contributed by atoms with Crippen LogP contribution in [-0.2, 0) is 15.8 Å². The number of rotatable bonds is 5. The number of nitrogens with zero attached hydrogens (tertiary/aromatic N) is 2. The minimum absolute atomic E-state index is 0.0332. The van der Waals surface area contributed by atoms with Gasteiger partial charge in [-0.3, -0.25) is 14.5 Å². The van der Waals surface area contributed by atoms with Crippen molar-refractivity contribution in [2.75, 3.05) is 31.0 Å². The van der Waals surface area contributed by atoms with Gasteiger partial charge in [0.15, 0.2) is 0 Å². The largest absolute Gasteiger partial charge is 0.507 e. The number of aliphatic hydroxyl groups is 1. The number of Topliss-reactive ketones (excluding diaryl/α,β-unsaturated/α-hetero) is 1. The number of ether oxygens (including phenoxy) is 1. The van der Waals surface area contributed by atoms with Crippen LogP contribution >= 0.6 is 0 Å². The van der Waals surface area contributed by atoms with Gasteiger partial charge in [0.1, 0.15) is 17.3 Å². The molecular formula is C27H22F4N2O4. The Balaban J connectivity index is 1.98. The van der Waals surface area contributed by atoms with Crippen molar-refractivity contribution in [2.45, 2.75) is 12.2 Å². The van der Waals surface area contributed by atoms with Crippen LogP contribution < -0.4 is 14.5 Å². The van der Waals surface area contributed by atoms with E-state index in [-0.39, 0.29) is 17.0 Å². The minimum Gasteiger partial charge on any atom is -0.507 e. The molecule has 4 rings (SSSR count). The van der Waals surface area contributed by atoms with Gasteiger partial charge in [-0.1, -0.05) is 18.2 Å². The Morgan fingerprint density at radius 2 is 1.68 bits per heavy atom. The molecular weight excluding hydrogens is 492 g/mol. The van der Waals surface area contributed by atoms with Gasteiger partial charge in [0.2, 0.25) is 0 Å². The third-order valence-electron chi connectivity index (χ3n) is 6.04. The molecule has 37 heavy (non-hydrogen) atoms. The molecule has 1 aliphatic heterocycles. The van der Waals surface area contributed by atoms with Crippen LogP contribution in [0.5, 0.6) is 5.75 Å². The lowest BCUT2D eigenvalue weighted by atomic mass is 9.94. The molecule has 1 amide bonds. The molecule has 1 aliphatic rings. The monoisotopic (exact) mass is 514 g/mol. The molecule has 1 unspecified atom stereocenters. The second-order valence-electron chi connectivity index (χ2n) is 8.55. The van der Waals surface area contributed by atoms with Gasteiger partial charge in [0.05, 0.1) is 29.9 Å². The van der Waals surface area contributed by atoms with E-state index in [1.807, 2.05) is 4.90 Å².